The SMILES string of the molecule is CN(CCCN(CCN1C(=O)c2cccc3cccc(c23)C1=O)C1CC1)CCN1C(=O)c2cccc3c(-n4ccnc4)ccc(c23)C1=O. The van der Waals surface area contributed by atoms with Gasteiger partial charge in [0.25, 0.3) is 23.6 Å². The minimum Gasteiger partial charge on any atom is -0.306 e. The smallest absolute Gasteiger partial charge is 0.261 e. The number of carbonyl (C=O) groups is 4. The van der Waals surface area contributed by atoms with E-state index in [1.54, 1.807) is 18.6 Å². The van der Waals surface area contributed by atoms with Gasteiger partial charge in [-0.15, -0.1) is 0 Å². The van der Waals surface area contributed by atoms with Crippen molar-refractivity contribution in [1.29, 1.82) is 0 Å². The van der Waals surface area contributed by atoms with E-state index in [0.717, 1.165) is 54.2 Å². The average molecular weight is 641 g/mol. The van der Waals surface area contributed by atoms with Gasteiger partial charge in [-0.05, 0) is 75.1 Å². The maximum absolute atomic E-state index is 13.6. The van der Waals surface area contributed by atoms with Gasteiger partial charge in [-0.3, -0.25) is 33.9 Å². The number of likely N-dealkylation sites (N-methyl/N-ethyl adjacent to an activating group) is 1. The van der Waals surface area contributed by atoms with Crippen LogP contribution in [0, 0.1) is 0 Å². The Morgan fingerprint density at radius 2 is 1.29 bits per heavy atom. The van der Waals surface area contributed by atoms with Gasteiger partial charge >= 0.3 is 0 Å². The summed E-state index contributed by atoms with van der Waals surface area (Å²) in [7, 11) is 2.01. The number of benzene rings is 4. The lowest BCUT2D eigenvalue weighted by atomic mass is 9.93. The molecule has 1 saturated carbocycles. The largest absolute Gasteiger partial charge is 0.306 e. The second kappa shape index (κ2) is 12.1. The van der Waals surface area contributed by atoms with E-state index in [2.05, 4.69) is 14.8 Å². The van der Waals surface area contributed by atoms with Crippen molar-refractivity contribution < 1.29 is 19.2 Å². The Morgan fingerprint density at radius 1 is 0.688 bits per heavy atom. The van der Waals surface area contributed by atoms with Crippen LogP contribution in [0.15, 0.2) is 85.5 Å². The van der Waals surface area contributed by atoms with Crippen molar-refractivity contribution in [3.05, 3.63) is 108 Å². The molecular weight excluding hydrogens is 604 g/mol. The highest BCUT2D eigenvalue weighted by Gasteiger charge is 2.36. The topological polar surface area (TPSA) is 99.1 Å². The van der Waals surface area contributed by atoms with E-state index in [9.17, 15) is 19.2 Å². The average Bonchev–Trinajstić information content (AvgIpc) is 3.81. The molecule has 0 bridgehead atoms. The summed E-state index contributed by atoms with van der Waals surface area (Å²) in [5, 5.41) is 3.20. The number of imidazole rings is 1. The van der Waals surface area contributed by atoms with Gasteiger partial charge in [0.05, 0.1) is 12.0 Å². The lowest BCUT2D eigenvalue weighted by molar-refractivity contribution is 0.0582. The summed E-state index contributed by atoms with van der Waals surface area (Å²) in [5.41, 5.74) is 3.13. The van der Waals surface area contributed by atoms with Crippen LogP contribution in [-0.2, 0) is 0 Å². The quantitative estimate of drug-likeness (QED) is 0.180. The second-order valence-electron chi connectivity index (χ2n) is 13.0. The summed E-state index contributed by atoms with van der Waals surface area (Å²) in [6.45, 7) is 3.47. The Hall–Kier alpha value is -5.19. The normalized spacial score (nSPS) is 16.0. The number of imide groups is 2. The van der Waals surface area contributed by atoms with Gasteiger partial charge in [-0.2, -0.15) is 0 Å². The number of nitrogens with zero attached hydrogens (tertiary/aromatic N) is 6. The molecule has 3 heterocycles. The number of hydrogen-bond acceptors (Lipinski definition) is 7. The zero-order valence-corrected chi connectivity index (χ0v) is 26.8. The molecule has 3 aliphatic rings. The third-order valence-electron chi connectivity index (χ3n) is 9.97. The number of hydrogen-bond donors (Lipinski definition) is 0. The van der Waals surface area contributed by atoms with Crippen molar-refractivity contribution >= 4 is 45.2 Å². The summed E-state index contributed by atoms with van der Waals surface area (Å²) < 4.78 is 1.88. The predicted octanol–water partition coefficient (Wildman–Crippen LogP) is 4.86. The van der Waals surface area contributed by atoms with Crippen LogP contribution >= 0.6 is 0 Å². The van der Waals surface area contributed by atoms with E-state index in [1.807, 2.05) is 78.5 Å². The first-order valence-electron chi connectivity index (χ1n) is 16.6. The molecule has 4 aromatic carbocycles. The summed E-state index contributed by atoms with van der Waals surface area (Å²) >= 11 is 0. The maximum Gasteiger partial charge on any atom is 0.261 e. The summed E-state index contributed by atoms with van der Waals surface area (Å²) in [6.07, 6.45) is 8.39. The number of amides is 4. The summed E-state index contributed by atoms with van der Waals surface area (Å²) in [4.78, 5) is 65.4. The standard InChI is InChI=1S/C38H36N6O4/c1-40(20-22-43-37(47)30-11-4-8-27-32(42-19-16-39-24-42)15-14-31(34(27)30)38(43)48)17-5-18-41(26-12-13-26)21-23-44-35(45)28-9-2-6-25-7-3-10-29(33(25)28)36(44)46/h2-4,6-11,14-16,19,24,26H,5,12-13,17-18,20-23H2,1H3. The fraction of sp³-hybridized carbons (Fsp3) is 0.289. The van der Waals surface area contributed by atoms with Crippen LogP contribution in [0.4, 0.5) is 0 Å². The molecular formula is C38H36N6O4. The van der Waals surface area contributed by atoms with E-state index in [0.29, 0.717) is 59.9 Å². The predicted molar refractivity (Wildman–Crippen MR) is 182 cm³/mol. The Bertz CT molecular complexity index is 2030. The van der Waals surface area contributed by atoms with Crippen molar-refractivity contribution in [3.8, 4) is 5.69 Å². The van der Waals surface area contributed by atoms with Gasteiger partial charge in [-0.25, -0.2) is 4.98 Å². The van der Waals surface area contributed by atoms with Crippen molar-refractivity contribution in [2.24, 2.45) is 0 Å². The molecule has 0 saturated heterocycles. The maximum atomic E-state index is 13.6. The van der Waals surface area contributed by atoms with E-state index >= 15 is 0 Å². The monoisotopic (exact) mass is 640 g/mol. The molecule has 2 aliphatic heterocycles. The Morgan fingerprint density at radius 3 is 1.92 bits per heavy atom. The van der Waals surface area contributed by atoms with Crippen LogP contribution in [0.3, 0.4) is 0 Å². The van der Waals surface area contributed by atoms with Gasteiger partial charge in [0.15, 0.2) is 0 Å². The van der Waals surface area contributed by atoms with Crippen molar-refractivity contribution in [3.63, 3.8) is 0 Å². The lowest BCUT2D eigenvalue weighted by Gasteiger charge is -2.31. The zero-order chi connectivity index (χ0) is 32.9. The zero-order valence-electron chi connectivity index (χ0n) is 26.8. The van der Waals surface area contributed by atoms with Crippen molar-refractivity contribution in [1.82, 2.24) is 29.2 Å². The fourth-order valence-corrected chi connectivity index (χ4v) is 7.32. The molecule has 242 valence electrons. The van der Waals surface area contributed by atoms with E-state index in [1.165, 1.54) is 9.80 Å². The molecule has 4 amide bonds. The molecule has 1 fully saturated rings. The number of carbonyl (C=O) groups excluding carboxylic acids is 4. The first-order chi connectivity index (χ1) is 23.4. The molecule has 1 aromatic heterocycles. The van der Waals surface area contributed by atoms with Crippen LogP contribution in [0.5, 0.6) is 0 Å². The highest BCUT2D eigenvalue weighted by atomic mass is 16.2. The molecule has 0 atom stereocenters. The lowest BCUT2D eigenvalue weighted by Crippen LogP contribution is -2.45. The Kier molecular flexibility index (Phi) is 7.61. The molecule has 5 aromatic rings. The molecule has 0 unspecified atom stereocenters. The molecule has 0 spiro atoms. The van der Waals surface area contributed by atoms with Crippen molar-refractivity contribution in [2.75, 3.05) is 46.3 Å². The van der Waals surface area contributed by atoms with Gasteiger partial charge < -0.3 is 9.47 Å². The third kappa shape index (κ3) is 5.17. The fourth-order valence-electron chi connectivity index (χ4n) is 7.32. The third-order valence-corrected chi connectivity index (χ3v) is 9.97. The first-order valence-corrected chi connectivity index (χ1v) is 16.6. The molecule has 48 heavy (non-hydrogen) atoms. The van der Waals surface area contributed by atoms with Gasteiger partial charge in [-0.1, -0.05) is 36.4 Å². The molecule has 0 N–H and O–H groups in total. The highest BCUT2D eigenvalue weighted by molar-refractivity contribution is 6.27. The van der Waals surface area contributed by atoms with Crippen LogP contribution in [0.2, 0.25) is 0 Å². The Balaban J connectivity index is 0.872. The molecule has 10 heteroatoms. The van der Waals surface area contributed by atoms with Crippen LogP contribution in [0.25, 0.3) is 27.2 Å². The highest BCUT2D eigenvalue weighted by Crippen LogP contribution is 2.34. The van der Waals surface area contributed by atoms with Crippen molar-refractivity contribution in [2.45, 2.75) is 25.3 Å². The van der Waals surface area contributed by atoms with E-state index in [-0.39, 0.29) is 23.6 Å². The second-order valence-corrected chi connectivity index (χ2v) is 13.0. The molecule has 10 nitrogen and oxygen atoms in total. The van der Waals surface area contributed by atoms with E-state index < -0.39 is 0 Å². The summed E-state index contributed by atoms with van der Waals surface area (Å²) in [6, 6.07) is 21.0. The first kappa shape index (κ1) is 30.2. The van der Waals surface area contributed by atoms with Gasteiger partial charge in [0, 0.05) is 83.0 Å². The molecule has 1 aliphatic carbocycles. The minimum atomic E-state index is -0.269. The number of aromatic nitrogens is 2. The van der Waals surface area contributed by atoms with Crippen LogP contribution in [0.1, 0.15) is 60.7 Å². The summed E-state index contributed by atoms with van der Waals surface area (Å²) in [5.74, 6) is -0.983. The minimum absolute atomic E-state index is 0.223. The van der Waals surface area contributed by atoms with Crippen LogP contribution < -0.4 is 0 Å². The van der Waals surface area contributed by atoms with Gasteiger partial charge in [0.2, 0.25) is 0 Å². The van der Waals surface area contributed by atoms with E-state index in [4.69, 9.17) is 0 Å². The molecule has 0 radical (unpaired) electrons. The van der Waals surface area contributed by atoms with Gasteiger partial charge in [0.1, 0.15) is 0 Å². The molecule has 8 rings (SSSR count). The number of rotatable bonds is 12. The van der Waals surface area contributed by atoms with Crippen LogP contribution in [-0.4, -0.2) is 105 Å². The Labute approximate surface area is 278 Å².